The molecule has 11 aromatic carbocycles. The van der Waals surface area contributed by atoms with Crippen molar-refractivity contribution in [3.63, 3.8) is 0 Å². The van der Waals surface area contributed by atoms with Crippen molar-refractivity contribution in [3.8, 4) is 34.5 Å². The molecular weight excluding hydrogens is 1780 g/mol. The van der Waals surface area contributed by atoms with Crippen LogP contribution in [0.3, 0.4) is 0 Å². The van der Waals surface area contributed by atoms with Gasteiger partial charge in [-0.2, -0.15) is 11.8 Å². The maximum atomic E-state index is 5.61. The van der Waals surface area contributed by atoms with Crippen LogP contribution in [0.5, 0.6) is 34.5 Å². The summed E-state index contributed by atoms with van der Waals surface area (Å²) in [6, 6.07) is 113. The van der Waals surface area contributed by atoms with Crippen LogP contribution in [0.2, 0.25) is 0 Å². The van der Waals surface area contributed by atoms with Crippen molar-refractivity contribution < 1.29 is 33.2 Å². The average Bonchev–Trinajstić information content (AvgIpc) is 1.73. The van der Waals surface area contributed by atoms with Gasteiger partial charge in [0.2, 0.25) is 0 Å². The van der Waals surface area contributed by atoms with Crippen molar-refractivity contribution in [2.75, 3.05) is 92.1 Å². The highest BCUT2D eigenvalue weighted by Gasteiger charge is 2.30. The number of unbranched alkanes of at least 4 members (excludes halogenated alkanes) is 17. The molecule has 0 N–H and O–H groups in total. The second kappa shape index (κ2) is 112. The monoisotopic (exact) mass is 1990 g/mol. The molecule has 0 heterocycles. The van der Waals surface area contributed by atoms with Gasteiger partial charge in [-0.05, 0) is 210 Å². The molecule has 2 aliphatic carbocycles. The van der Waals surface area contributed by atoms with Crippen LogP contribution in [0.15, 0.2) is 340 Å². The lowest BCUT2D eigenvalue weighted by molar-refractivity contribution is 0.132. The average molecular weight is 1990 g/mol. The summed E-state index contributed by atoms with van der Waals surface area (Å²) in [5.74, 6) is 12.2. The van der Waals surface area contributed by atoms with Gasteiger partial charge in [0, 0.05) is 38.7 Å². The molecule has 144 heavy (non-hydrogen) atoms. The molecule has 9 nitrogen and oxygen atoms in total. The SMILES string of the molecule is C1CC2CCC1C2.CC(C)C.CCCCC(C)C.CCCCCC.CCCCCCCCOc1ccccc1.CCCCCCOc1ccccc1.CCCCCCOc1ccccc1.CCCCOCCC.CCCCc1ccccc1.CCN(C)C.CCOc1ccccc1.CCSCc1ccccc1.CN(C)c1ccccc1.COc1ccccc1.c1ccc(COc2ccccc2)cc1.c1ccccc1. The normalized spacial score (nSPS) is 11.4. The van der Waals surface area contributed by atoms with E-state index in [1.54, 1.807) is 39.2 Å². The number of thioether (sulfide) groups is 1. The van der Waals surface area contributed by atoms with Gasteiger partial charge in [0.05, 0.1) is 33.5 Å². The van der Waals surface area contributed by atoms with E-state index in [9.17, 15) is 0 Å². The zero-order valence-electron chi connectivity index (χ0n) is 95.5. The van der Waals surface area contributed by atoms with Crippen molar-refractivity contribution in [1.82, 2.24) is 4.90 Å². The van der Waals surface area contributed by atoms with Crippen molar-refractivity contribution in [2.45, 2.75) is 336 Å². The van der Waals surface area contributed by atoms with Gasteiger partial charge in [0.1, 0.15) is 41.1 Å². The van der Waals surface area contributed by atoms with Crippen molar-refractivity contribution in [1.29, 1.82) is 0 Å². The first-order valence-electron chi connectivity index (χ1n) is 56.0. The van der Waals surface area contributed by atoms with Crippen molar-refractivity contribution >= 4 is 17.4 Å². The van der Waals surface area contributed by atoms with Crippen LogP contribution < -0.4 is 33.3 Å². The number of para-hydroxylation sites is 7. The largest absolute Gasteiger partial charge is 0.497 e. The molecule has 0 aromatic heterocycles. The predicted molar refractivity (Wildman–Crippen MR) is 641 cm³/mol. The fraction of sp³-hybridized carbons (Fsp3) is 0.507. The highest BCUT2D eigenvalue weighted by molar-refractivity contribution is 7.98. The molecule has 10 heteroatoms. The number of ether oxygens (including phenoxy) is 7. The quantitative estimate of drug-likeness (QED) is 0.0345. The topological polar surface area (TPSA) is 71.1 Å². The molecule has 0 spiro atoms. The standard InChI is InChI=1S/C14H22O.C13H12O.2C12H18O.C10H14.C9H12S.C8H11N.C8H10O.C7H8O.C7H16O.C7H12.C7H16.C6H6.C6H14.C4H11N.C4H10/c1-2-3-4-5-6-10-13-15-14-11-8-7-9-12-14;1-3-7-12(8-4-1)11-14-13-9-5-2-6-10-13;2*1-2-3-4-8-11-13-12-9-6-5-7-10-12;1-2-3-7-10-8-5-4-6-9-10;1-2-10-8-9-6-4-3-5-7-9;1-9(2)8-6-4-3-5-7-8;1-2-9-8-6-4-3-5-7-8;1-8-7-5-3-2-4-6-7;1-3-5-7-8-6-4-2;1-2-7-4-3-6(1)5-7;1-4-5-6-7(2)3;1-2-4-6-5-3-1;1-3-5-6-4-2;1-4-5(2)3;1-4(2)3/h7-9,11-12H,2-6,10,13H2,1H3;1-10H,11H2;2*5-7,9-10H,2-4,8,11H2,1H3;4-6,8-9H,2-3,7H2,1H3;3-7H,2,8H2,1H3;3-7H,1-2H3;3-7H,2H2,1H3;2-6H,1H3;3-7H2,1-2H3;6-7H,1-5H2;7H,4-6H2,1-3H3;1-6H;3-6H2,1-2H3;4H2,1-3H3;4H,1-3H3. The van der Waals surface area contributed by atoms with Gasteiger partial charge in [-0.15, -0.1) is 0 Å². The predicted octanol–water partition coefficient (Wildman–Crippen LogP) is 40.2. The Morgan fingerprint density at radius 2 is 0.556 bits per heavy atom. The van der Waals surface area contributed by atoms with E-state index >= 15 is 0 Å². The molecule has 2 aliphatic rings. The maximum Gasteiger partial charge on any atom is 0.119 e. The molecule has 0 amide bonds. The summed E-state index contributed by atoms with van der Waals surface area (Å²) >= 11 is 1.96. The Hall–Kier alpha value is -9.71. The fourth-order valence-corrected chi connectivity index (χ4v) is 13.9. The Bertz CT molecular complexity index is 3940. The van der Waals surface area contributed by atoms with E-state index < -0.39 is 0 Å². The fourth-order valence-electron chi connectivity index (χ4n) is 13.3. The minimum atomic E-state index is 0.630. The van der Waals surface area contributed by atoms with Crippen LogP contribution in [-0.2, 0) is 23.5 Å². The van der Waals surface area contributed by atoms with Crippen LogP contribution in [0, 0.1) is 23.7 Å². The van der Waals surface area contributed by atoms with Gasteiger partial charge in [-0.25, -0.2) is 0 Å². The zero-order chi connectivity index (χ0) is 106. The van der Waals surface area contributed by atoms with Gasteiger partial charge in [0.15, 0.2) is 0 Å². The summed E-state index contributed by atoms with van der Waals surface area (Å²) in [5.41, 5.74) is 5.33. The van der Waals surface area contributed by atoms with Crippen LogP contribution in [0.4, 0.5) is 5.69 Å². The molecule has 0 saturated heterocycles. The van der Waals surface area contributed by atoms with Gasteiger partial charge < -0.3 is 43.0 Å². The number of hydrogen-bond acceptors (Lipinski definition) is 10. The first kappa shape index (κ1) is 138. The summed E-state index contributed by atoms with van der Waals surface area (Å²) in [5, 5.41) is 0. The number of hydrogen-bond donors (Lipinski definition) is 0. The molecule has 2 bridgehead atoms. The number of nitrogens with zero attached hydrogens (tertiary/aromatic N) is 2. The summed E-state index contributed by atoms with van der Waals surface area (Å²) in [7, 11) is 9.85. The first-order chi connectivity index (χ1) is 70.3. The number of fused-ring (bicyclic) bond motifs is 2. The minimum Gasteiger partial charge on any atom is -0.497 e. The van der Waals surface area contributed by atoms with Gasteiger partial charge in [-0.3, -0.25) is 0 Å². The van der Waals surface area contributed by atoms with E-state index in [1.165, 1.54) is 207 Å². The van der Waals surface area contributed by atoms with Gasteiger partial charge >= 0.3 is 0 Å². The smallest absolute Gasteiger partial charge is 0.119 e. The lowest BCUT2D eigenvalue weighted by atomic mass is 10.0. The van der Waals surface area contributed by atoms with Crippen LogP contribution in [-0.4, -0.2) is 92.1 Å². The molecule has 2 fully saturated rings. The van der Waals surface area contributed by atoms with Crippen LogP contribution in [0.25, 0.3) is 0 Å². The number of aryl methyl sites for hydroxylation is 1. The van der Waals surface area contributed by atoms with Crippen molar-refractivity contribution in [2.24, 2.45) is 23.7 Å². The number of benzene rings is 11. The minimum absolute atomic E-state index is 0.630. The van der Waals surface area contributed by atoms with E-state index in [4.69, 9.17) is 33.2 Å². The summed E-state index contributed by atoms with van der Waals surface area (Å²) in [6.07, 6.45) is 42.9. The first-order valence-corrected chi connectivity index (χ1v) is 57.1. The van der Waals surface area contributed by atoms with Crippen LogP contribution >= 0.6 is 11.8 Å². The Kier molecular flexibility index (Phi) is 108. The second-order valence-electron chi connectivity index (χ2n) is 37.3. The molecule has 0 aliphatic heterocycles. The molecule has 11 aromatic rings. The lowest BCUT2D eigenvalue weighted by Crippen LogP contribution is -2.08. The van der Waals surface area contributed by atoms with E-state index in [0.717, 1.165) is 105 Å². The molecule has 804 valence electrons. The highest BCUT2D eigenvalue weighted by atomic mass is 32.2. The van der Waals surface area contributed by atoms with E-state index in [1.807, 2.05) is 288 Å². The van der Waals surface area contributed by atoms with E-state index in [2.05, 4.69) is 220 Å². The molecular formula is C134H210N2O7S. The third-order valence-corrected chi connectivity index (χ3v) is 22.8. The van der Waals surface area contributed by atoms with Gasteiger partial charge in [0.25, 0.3) is 0 Å². The Balaban J connectivity index is -0.00000149. The summed E-state index contributed by atoms with van der Waals surface area (Å²) in [4.78, 5) is 4.21. The Morgan fingerprint density at radius 1 is 0.278 bits per heavy atom. The van der Waals surface area contributed by atoms with Gasteiger partial charge in [-0.1, -0.05) is 520 Å². The zero-order valence-corrected chi connectivity index (χ0v) is 96.3. The second-order valence-corrected chi connectivity index (χ2v) is 38.6. The van der Waals surface area contributed by atoms with E-state index in [0.29, 0.717) is 6.61 Å². The lowest BCUT2D eigenvalue weighted by Gasteiger charge is -2.10. The molecule has 13 rings (SSSR count). The number of anilines is 1. The molecule has 0 unspecified atom stereocenters. The Labute approximate surface area is 891 Å². The molecule has 2 saturated carbocycles. The third kappa shape index (κ3) is 102. The Morgan fingerprint density at radius 3 is 0.826 bits per heavy atom. The van der Waals surface area contributed by atoms with Crippen LogP contribution in [0.1, 0.15) is 333 Å². The van der Waals surface area contributed by atoms with E-state index in [-0.39, 0.29) is 0 Å². The number of methoxy groups -OCH3 is 1. The maximum absolute atomic E-state index is 5.61. The number of rotatable bonds is 45. The summed E-state index contributed by atoms with van der Waals surface area (Å²) < 4.78 is 37.7. The summed E-state index contributed by atoms with van der Waals surface area (Å²) in [6.45, 7) is 44.2. The van der Waals surface area contributed by atoms with Crippen molar-refractivity contribution in [3.05, 3.63) is 356 Å². The molecule has 0 atom stereocenters. The highest BCUT2D eigenvalue weighted by Crippen LogP contribution is 2.44. The third-order valence-electron chi connectivity index (χ3n) is 21.8. The molecule has 0 radical (unpaired) electrons.